The van der Waals surface area contributed by atoms with Crippen LogP contribution in [-0.4, -0.2) is 5.97 Å². The highest BCUT2D eigenvalue weighted by Gasteiger charge is 2.18. The first kappa shape index (κ1) is 15.5. The molecule has 0 unspecified atom stereocenters. The maximum absolute atomic E-state index is 10.7. The molecule has 0 aromatic carbocycles. The molecule has 0 N–H and O–H groups in total. The molecule has 2 heteroatoms. The monoisotopic (exact) mass is 227 g/mol. The van der Waals surface area contributed by atoms with Gasteiger partial charge in [-0.15, -0.1) is 0 Å². The lowest BCUT2D eigenvalue weighted by atomic mass is 9.87. The van der Waals surface area contributed by atoms with Crippen LogP contribution in [-0.2, 0) is 4.79 Å². The van der Waals surface area contributed by atoms with Gasteiger partial charge in [0.25, 0.3) is 0 Å². The van der Waals surface area contributed by atoms with Crippen molar-refractivity contribution in [3.05, 3.63) is 0 Å². The van der Waals surface area contributed by atoms with Gasteiger partial charge in [-0.05, 0) is 6.42 Å². The summed E-state index contributed by atoms with van der Waals surface area (Å²) in [7, 11) is 0. The van der Waals surface area contributed by atoms with Crippen LogP contribution in [0.5, 0.6) is 0 Å². The molecule has 0 fully saturated rings. The van der Waals surface area contributed by atoms with Crippen molar-refractivity contribution in [2.45, 2.75) is 78.6 Å². The highest BCUT2D eigenvalue weighted by Crippen LogP contribution is 2.23. The van der Waals surface area contributed by atoms with E-state index in [2.05, 4.69) is 6.92 Å². The molecule has 0 radical (unpaired) electrons. The second kappa shape index (κ2) is 8.60. The minimum Gasteiger partial charge on any atom is -0.550 e. The predicted octanol–water partition coefficient (Wildman–Crippen LogP) is 3.29. The number of carboxylic acid groups (broad SMARTS) is 1. The number of aliphatic carboxylic acids is 1. The molecule has 0 saturated carbocycles. The second-order valence-corrected chi connectivity index (χ2v) is 5.40. The fourth-order valence-corrected chi connectivity index (χ4v) is 1.80. The summed E-state index contributed by atoms with van der Waals surface area (Å²) in [6.07, 6.45) is 10.8. The average Bonchev–Trinajstić information content (AvgIpc) is 2.21. The third-order valence-electron chi connectivity index (χ3n) is 3.21. The fourth-order valence-electron chi connectivity index (χ4n) is 1.80. The van der Waals surface area contributed by atoms with Gasteiger partial charge in [0.1, 0.15) is 0 Å². The molecule has 0 heterocycles. The molecule has 0 aliphatic heterocycles. The van der Waals surface area contributed by atoms with E-state index in [1.807, 2.05) is 0 Å². The summed E-state index contributed by atoms with van der Waals surface area (Å²) in [5.74, 6) is -0.921. The van der Waals surface area contributed by atoms with Crippen molar-refractivity contribution in [2.75, 3.05) is 0 Å². The lowest BCUT2D eigenvalue weighted by molar-refractivity contribution is -0.317. The van der Waals surface area contributed by atoms with Crippen LogP contribution in [0.3, 0.4) is 0 Å². The Morgan fingerprint density at radius 1 is 0.938 bits per heavy atom. The Balaban J connectivity index is 3.30. The van der Waals surface area contributed by atoms with E-state index in [-0.39, 0.29) is 0 Å². The number of hydrogen-bond donors (Lipinski definition) is 0. The highest BCUT2D eigenvalue weighted by atomic mass is 16.4. The van der Waals surface area contributed by atoms with E-state index in [9.17, 15) is 9.90 Å². The molecule has 0 bridgehead atoms. The van der Waals surface area contributed by atoms with E-state index >= 15 is 0 Å². The first-order valence-corrected chi connectivity index (χ1v) is 6.72. The summed E-state index contributed by atoms with van der Waals surface area (Å²) in [4.78, 5) is 10.7. The smallest absolute Gasteiger partial charge is 0.0470 e. The third-order valence-corrected chi connectivity index (χ3v) is 3.21. The van der Waals surface area contributed by atoms with Crippen LogP contribution < -0.4 is 5.11 Å². The number of carbonyl (C=O) groups excluding carboxylic acids is 1. The summed E-state index contributed by atoms with van der Waals surface area (Å²) in [5, 5.41) is 10.7. The number of carboxylic acids is 1. The summed E-state index contributed by atoms with van der Waals surface area (Å²) in [5.41, 5.74) is -0.651. The minimum absolute atomic E-state index is 0.651. The van der Waals surface area contributed by atoms with Gasteiger partial charge < -0.3 is 9.90 Å². The quantitative estimate of drug-likeness (QED) is 0.537. The molecule has 2 nitrogen and oxygen atoms in total. The molecule has 0 amide bonds. The molecule has 0 saturated heterocycles. The first-order chi connectivity index (χ1) is 7.50. The number of unbranched alkanes of at least 4 members (excludes halogenated alkanes) is 7. The molecule has 0 aromatic heterocycles. The van der Waals surface area contributed by atoms with Crippen LogP contribution in [0.1, 0.15) is 78.6 Å². The van der Waals surface area contributed by atoms with Crippen LogP contribution in [0, 0.1) is 5.41 Å². The zero-order valence-corrected chi connectivity index (χ0v) is 11.2. The van der Waals surface area contributed by atoms with Crippen LogP contribution in [0.4, 0.5) is 0 Å². The summed E-state index contributed by atoms with van der Waals surface area (Å²) < 4.78 is 0. The van der Waals surface area contributed by atoms with Crippen LogP contribution in [0.25, 0.3) is 0 Å². The Bertz CT molecular complexity index is 185. The molecule has 16 heavy (non-hydrogen) atoms. The first-order valence-electron chi connectivity index (χ1n) is 6.72. The molecule has 96 valence electrons. The molecule has 0 atom stereocenters. The Labute approximate surface area is 100 Å². The topological polar surface area (TPSA) is 40.1 Å². The number of hydrogen-bond acceptors (Lipinski definition) is 2. The van der Waals surface area contributed by atoms with Crippen molar-refractivity contribution < 1.29 is 9.90 Å². The van der Waals surface area contributed by atoms with Crippen molar-refractivity contribution >= 4 is 5.97 Å². The molecular formula is C14H27O2-. The van der Waals surface area contributed by atoms with Gasteiger partial charge in [0, 0.05) is 11.4 Å². The van der Waals surface area contributed by atoms with Gasteiger partial charge >= 0.3 is 0 Å². The van der Waals surface area contributed by atoms with Gasteiger partial charge in [-0.2, -0.15) is 0 Å². The third kappa shape index (κ3) is 7.72. The minimum atomic E-state index is -0.921. The van der Waals surface area contributed by atoms with Crippen molar-refractivity contribution in [3.8, 4) is 0 Å². The van der Waals surface area contributed by atoms with Gasteiger partial charge in [0.05, 0.1) is 0 Å². The van der Waals surface area contributed by atoms with Crippen LogP contribution in [0.15, 0.2) is 0 Å². The Kier molecular flexibility index (Phi) is 8.32. The van der Waals surface area contributed by atoms with Gasteiger partial charge in [0.15, 0.2) is 0 Å². The number of carbonyl (C=O) groups is 1. The van der Waals surface area contributed by atoms with E-state index in [1.165, 1.54) is 38.5 Å². The zero-order chi connectivity index (χ0) is 12.4. The molecule has 0 aliphatic carbocycles. The molecule has 0 aliphatic rings. The van der Waals surface area contributed by atoms with Crippen LogP contribution >= 0.6 is 0 Å². The second-order valence-electron chi connectivity index (χ2n) is 5.40. The van der Waals surface area contributed by atoms with E-state index in [0.717, 1.165) is 19.3 Å². The Hall–Kier alpha value is -0.530. The van der Waals surface area contributed by atoms with E-state index < -0.39 is 11.4 Å². The largest absolute Gasteiger partial charge is 0.550 e. The molecule has 0 aromatic rings. The maximum atomic E-state index is 10.7. The average molecular weight is 227 g/mol. The van der Waals surface area contributed by atoms with Crippen molar-refractivity contribution in [1.82, 2.24) is 0 Å². The maximum Gasteiger partial charge on any atom is 0.0470 e. The van der Waals surface area contributed by atoms with Gasteiger partial charge in [0.2, 0.25) is 0 Å². The molecule has 0 spiro atoms. The van der Waals surface area contributed by atoms with E-state index in [4.69, 9.17) is 0 Å². The predicted molar refractivity (Wildman–Crippen MR) is 66.0 cm³/mol. The normalized spacial score (nSPS) is 11.7. The van der Waals surface area contributed by atoms with Crippen molar-refractivity contribution in [3.63, 3.8) is 0 Å². The molecule has 0 rings (SSSR count). The standard InChI is InChI=1S/C14H28O2/c1-4-5-6-7-8-9-10-11-12-14(2,3)13(15)16/h4-12H2,1-3H3,(H,15,16)/p-1. The van der Waals surface area contributed by atoms with E-state index in [0.29, 0.717) is 0 Å². The zero-order valence-electron chi connectivity index (χ0n) is 11.2. The summed E-state index contributed by atoms with van der Waals surface area (Å²) in [6.45, 7) is 5.73. The van der Waals surface area contributed by atoms with Gasteiger partial charge in [-0.25, -0.2) is 0 Å². The SMILES string of the molecule is CCCCCCCCCCC(C)(C)C(=O)[O-]. The highest BCUT2D eigenvalue weighted by molar-refractivity contribution is 5.71. The molecular weight excluding hydrogens is 200 g/mol. The lowest BCUT2D eigenvalue weighted by Crippen LogP contribution is -2.37. The summed E-state index contributed by atoms with van der Waals surface area (Å²) >= 11 is 0. The Morgan fingerprint density at radius 2 is 1.38 bits per heavy atom. The summed E-state index contributed by atoms with van der Waals surface area (Å²) in [6, 6.07) is 0. The van der Waals surface area contributed by atoms with Crippen LogP contribution in [0.2, 0.25) is 0 Å². The van der Waals surface area contributed by atoms with Crippen molar-refractivity contribution in [2.24, 2.45) is 5.41 Å². The number of rotatable bonds is 10. The van der Waals surface area contributed by atoms with Crippen molar-refractivity contribution in [1.29, 1.82) is 0 Å². The lowest BCUT2D eigenvalue weighted by Gasteiger charge is -2.25. The van der Waals surface area contributed by atoms with Gasteiger partial charge in [-0.3, -0.25) is 0 Å². The van der Waals surface area contributed by atoms with E-state index in [1.54, 1.807) is 13.8 Å². The Morgan fingerprint density at radius 3 is 1.81 bits per heavy atom. The van der Waals surface area contributed by atoms with Gasteiger partial charge in [-0.1, -0.05) is 72.1 Å². The fraction of sp³-hybridized carbons (Fsp3) is 0.929.